The molecule has 0 fully saturated rings. The summed E-state index contributed by atoms with van der Waals surface area (Å²) in [5.74, 6) is 3.57. The second kappa shape index (κ2) is 17.1. The molecule has 0 saturated carbocycles. The van der Waals surface area contributed by atoms with Gasteiger partial charge < -0.3 is 14.5 Å². The van der Waals surface area contributed by atoms with E-state index in [1.54, 1.807) is 0 Å². The Morgan fingerprint density at radius 2 is 0.982 bits per heavy atom. The van der Waals surface area contributed by atoms with Gasteiger partial charge in [-0.15, -0.1) is 12.4 Å². The van der Waals surface area contributed by atoms with Crippen LogP contribution < -0.4 is 19.6 Å². The first kappa shape index (κ1) is 38.1. The molecule has 0 amide bonds. The van der Waals surface area contributed by atoms with Gasteiger partial charge in [0.1, 0.15) is 11.6 Å². The first-order valence-electron chi connectivity index (χ1n) is 18.8. The monoisotopic (exact) mass is 907 g/mol. The van der Waals surface area contributed by atoms with Crippen LogP contribution in [0.3, 0.4) is 0 Å². The van der Waals surface area contributed by atoms with E-state index < -0.39 is 0 Å². The fraction of sp³-hybridized carbons (Fsp3) is 0.267. The molecular weight excluding hydrogens is 861 g/mol. The fourth-order valence-corrected chi connectivity index (χ4v) is 7.60. The van der Waals surface area contributed by atoms with Crippen LogP contribution in [0, 0.1) is 12.7 Å². The molecule has 2 aliphatic carbocycles. The van der Waals surface area contributed by atoms with Crippen LogP contribution in [0.4, 0.5) is 46.0 Å². The normalized spacial score (nSPS) is 15.4. The van der Waals surface area contributed by atoms with E-state index in [9.17, 15) is 0 Å². The van der Waals surface area contributed by atoms with E-state index in [2.05, 4.69) is 99.1 Å². The van der Waals surface area contributed by atoms with Crippen LogP contribution in [-0.4, -0.2) is 32.9 Å². The summed E-state index contributed by atoms with van der Waals surface area (Å²) < 4.78 is 6.25. The molecule has 4 heterocycles. The zero-order chi connectivity index (χ0) is 35.6. The zero-order valence-electron chi connectivity index (χ0n) is 30.3. The Hall–Kier alpha value is -5.15. The molecule has 0 bridgehead atoms. The molecule has 0 saturated heterocycles. The molecule has 1 radical (unpaired) electrons. The largest absolute Gasteiger partial charge is 0.477 e. The molecule has 10 rings (SSSR count). The Bertz CT molecular complexity index is 2020. The summed E-state index contributed by atoms with van der Waals surface area (Å²) in [5.41, 5.74) is 8.76. The third-order valence-electron chi connectivity index (χ3n) is 10.1. The molecule has 55 heavy (non-hydrogen) atoms. The quantitative estimate of drug-likeness (QED) is 0.152. The van der Waals surface area contributed by atoms with Crippen molar-refractivity contribution in [2.75, 3.05) is 26.2 Å². The Labute approximate surface area is 338 Å². The minimum atomic E-state index is -0.311. The number of anilines is 8. The second-order valence-electron chi connectivity index (χ2n) is 13.6. The van der Waals surface area contributed by atoms with E-state index in [4.69, 9.17) is 24.7 Å². The summed E-state index contributed by atoms with van der Waals surface area (Å²) in [6.45, 7) is 4.70. The SMILES string of the molecule is C.CCOC1N(c2ccccc2)c2nc3c(nc2N1c1ccccc1)CCCC3.[Ir].[c-]1ccccc1N1[CH-]N(c2ccccc2)c2nc3c(nc21)CCCC3. The maximum absolute atomic E-state index is 6.25. The van der Waals surface area contributed by atoms with Gasteiger partial charge >= 0.3 is 0 Å². The predicted octanol–water partition coefficient (Wildman–Crippen LogP) is 10.2. The van der Waals surface area contributed by atoms with Crippen LogP contribution >= 0.6 is 0 Å². The van der Waals surface area contributed by atoms with Crippen LogP contribution in [0.5, 0.6) is 0 Å². The van der Waals surface area contributed by atoms with E-state index in [0.717, 1.165) is 94.5 Å². The first-order valence-corrected chi connectivity index (χ1v) is 18.8. The summed E-state index contributed by atoms with van der Waals surface area (Å²) in [6.07, 6.45) is 8.50. The zero-order valence-corrected chi connectivity index (χ0v) is 32.7. The van der Waals surface area contributed by atoms with Gasteiger partial charge in [-0.25, -0.2) is 19.9 Å². The molecular formula is C45H46IrN8O-2. The molecule has 0 spiro atoms. The molecule has 4 aliphatic rings. The van der Waals surface area contributed by atoms with Crippen molar-refractivity contribution >= 4 is 46.0 Å². The summed E-state index contributed by atoms with van der Waals surface area (Å²) in [5, 5.41) is 0. The van der Waals surface area contributed by atoms with Crippen LogP contribution in [0.2, 0.25) is 0 Å². The maximum atomic E-state index is 6.25. The molecule has 2 aromatic heterocycles. The maximum Gasteiger partial charge on any atom is 0.221 e. The van der Waals surface area contributed by atoms with Crippen molar-refractivity contribution in [3.05, 3.63) is 151 Å². The van der Waals surface area contributed by atoms with Crippen molar-refractivity contribution in [3.63, 3.8) is 0 Å². The average Bonchev–Trinajstić information content (AvgIpc) is 3.75. The van der Waals surface area contributed by atoms with Gasteiger partial charge in [-0.2, -0.15) is 30.3 Å². The smallest absolute Gasteiger partial charge is 0.221 e. The van der Waals surface area contributed by atoms with E-state index >= 15 is 0 Å². The number of aromatic nitrogens is 4. The Balaban J connectivity index is 0.000000164. The van der Waals surface area contributed by atoms with Crippen LogP contribution in [0.25, 0.3) is 0 Å². The number of aryl methyl sites for hydroxylation is 4. The molecule has 6 aromatic rings. The van der Waals surface area contributed by atoms with Gasteiger partial charge in [0.2, 0.25) is 6.35 Å². The van der Waals surface area contributed by atoms with Crippen molar-refractivity contribution in [1.82, 2.24) is 19.9 Å². The Morgan fingerprint density at radius 1 is 0.564 bits per heavy atom. The number of rotatable bonds is 6. The van der Waals surface area contributed by atoms with Gasteiger partial charge in [0, 0.05) is 43.8 Å². The average molecular weight is 907 g/mol. The molecule has 2 aliphatic heterocycles. The predicted molar refractivity (Wildman–Crippen MR) is 217 cm³/mol. The van der Waals surface area contributed by atoms with Crippen LogP contribution in [0.1, 0.15) is 62.8 Å². The van der Waals surface area contributed by atoms with Crippen molar-refractivity contribution in [2.45, 2.75) is 72.1 Å². The number of hydrogen-bond acceptors (Lipinski definition) is 9. The van der Waals surface area contributed by atoms with Crippen LogP contribution in [-0.2, 0) is 50.5 Å². The molecule has 0 unspecified atom stereocenters. The third-order valence-corrected chi connectivity index (χ3v) is 10.1. The fourth-order valence-electron chi connectivity index (χ4n) is 7.60. The van der Waals surface area contributed by atoms with E-state index in [1.807, 2.05) is 55.5 Å². The third kappa shape index (κ3) is 7.46. The number of para-hydroxylation sites is 4. The Morgan fingerprint density at radius 3 is 1.42 bits per heavy atom. The topological polar surface area (TPSA) is 73.8 Å². The van der Waals surface area contributed by atoms with Crippen molar-refractivity contribution in [3.8, 4) is 0 Å². The minimum Gasteiger partial charge on any atom is -0.477 e. The van der Waals surface area contributed by atoms with Crippen molar-refractivity contribution in [2.24, 2.45) is 0 Å². The van der Waals surface area contributed by atoms with Gasteiger partial charge in [-0.05, 0) is 94.7 Å². The molecule has 0 atom stereocenters. The van der Waals surface area contributed by atoms with Crippen molar-refractivity contribution < 1.29 is 24.8 Å². The van der Waals surface area contributed by atoms with E-state index in [0.29, 0.717) is 6.61 Å². The molecule has 10 heteroatoms. The minimum absolute atomic E-state index is 0. The standard InChI is InChI=1S/C23H24N4O.C21H18N4.CH4.Ir/c1-2-28-23-26(17-11-5-3-6-12-17)21-22(27(23)18-13-7-4-8-14-18)25-20-16-10-9-15-19(20)24-21;1-3-9-16(10-4-1)24-15-25(17-11-5-2-6-12-17)21-20(24)22-18-13-7-8-14-19(18)23-21;;/h3-8,11-14,23H,2,9-10,15-16H2,1H3;1-6,9-11,15H,7-8,13-14H2;1H4;/q;-2;;. The van der Waals surface area contributed by atoms with Gasteiger partial charge in [0.05, 0.1) is 22.8 Å². The number of fused-ring (bicyclic) bond motifs is 4. The second-order valence-corrected chi connectivity index (χ2v) is 13.6. The Kier molecular flexibility index (Phi) is 11.9. The van der Waals surface area contributed by atoms with Gasteiger partial charge in [0.15, 0.2) is 11.6 Å². The summed E-state index contributed by atoms with van der Waals surface area (Å²) in [7, 11) is 0. The number of nitrogens with zero attached hydrogens (tertiary/aromatic N) is 8. The molecule has 4 aromatic carbocycles. The van der Waals surface area contributed by atoms with Crippen LogP contribution in [0.15, 0.2) is 115 Å². The summed E-state index contributed by atoms with van der Waals surface area (Å²) in [4.78, 5) is 28.8. The van der Waals surface area contributed by atoms with Crippen molar-refractivity contribution in [1.29, 1.82) is 0 Å². The number of hydrogen-bond donors (Lipinski definition) is 0. The molecule has 9 nitrogen and oxygen atoms in total. The van der Waals surface area contributed by atoms with Gasteiger partial charge in [0.25, 0.3) is 0 Å². The molecule has 283 valence electrons. The van der Waals surface area contributed by atoms with E-state index in [-0.39, 0.29) is 33.9 Å². The van der Waals surface area contributed by atoms with Gasteiger partial charge in [-0.3, -0.25) is 9.80 Å². The van der Waals surface area contributed by atoms with Gasteiger partial charge in [-0.1, -0.05) is 62.0 Å². The number of benzene rings is 4. The first-order chi connectivity index (χ1) is 26.3. The summed E-state index contributed by atoms with van der Waals surface area (Å²) >= 11 is 0. The number of ether oxygens (including phenoxy) is 1. The molecule has 0 N–H and O–H groups in total. The van der Waals surface area contributed by atoms with E-state index in [1.165, 1.54) is 25.7 Å². The summed E-state index contributed by atoms with van der Waals surface area (Å²) in [6, 6.07) is 42.3.